The molecule has 1 fully saturated rings. The summed E-state index contributed by atoms with van der Waals surface area (Å²) in [7, 11) is 0. The van der Waals surface area contributed by atoms with E-state index in [0.717, 1.165) is 17.0 Å². The largest absolute Gasteiger partial charge is 0.507 e. The zero-order valence-electron chi connectivity index (χ0n) is 19.7. The molecule has 5 rings (SSSR count). The van der Waals surface area contributed by atoms with Crippen molar-refractivity contribution in [2.75, 3.05) is 18.0 Å². The number of benzene rings is 3. The van der Waals surface area contributed by atoms with Crippen molar-refractivity contribution in [3.05, 3.63) is 83.2 Å². The highest BCUT2D eigenvalue weighted by Gasteiger charge is 2.34. The average Bonchev–Trinajstić information content (AvgIpc) is 3.30. The number of aromatic nitrogens is 2. The van der Waals surface area contributed by atoms with E-state index in [9.17, 15) is 27.5 Å². The van der Waals surface area contributed by atoms with Crippen LogP contribution < -0.4 is 10.2 Å². The van der Waals surface area contributed by atoms with Crippen LogP contribution in [-0.4, -0.2) is 40.1 Å². The molecule has 1 atom stereocenters. The number of nitrogens with zero attached hydrogens (tertiary/aromatic N) is 3. The lowest BCUT2D eigenvalue weighted by atomic mass is 10.1. The summed E-state index contributed by atoms with van der Waals surface area (Å²) in [5.41, 5.74) is 0.600. The van der Waals surface area contributed by atoms with Gasteiger partial charge in [-0.05, 0) is 61.4 Å². The lowest BCUT2D eigenvalue weighted by molar-refractivity contribution is -0.140. The number of phenols is 1. The number of fused-ring (bicyclic) bond motifs is 1. The Kier molecular flexibility index (Phi) is 6.18. The molecule has 1 saturated heterocycles. The van der Waals surface area contributed by atoms with Gasteiger partial charge in [-0.15, -0.1) is 0 Å². The predicted molar refractivity (Wildman–Crippen MR) is 131 cm³/mol. The number of alkyl halides is 3. The van der Waals surface area contributed by atoms with Crippen LogP contribution in [0.15, 0.2) is 60.7 Å². The van der Waals surface area contributed by atoms with Crippen LogP contribution in [0, 0.1) is 12.7 Å². The van der Waals surface area contributed by atoms with Crippen LogP contribution in [0.25, 0.3) is 22.3 Å². The Bertz CT molecular complexity index is 1510. The van der Waals surface area contributed by atoms with Crippen LogP contribution in [0.5, 0.6) is 5.75 Å². The number of aryl methyl sites for hydroxylation is 1. The second-order valence-electron chi connectivity index (χ2n) is 9.01. The molecule has 0 unspecified atom stereocenters. The van der Waals surface area contributed by atoms with E-state index >= 15 is 0 Å². The van der Waals surface area contributed by atoms with Crippen molar-refractivity contribution in [1.82, 2.24) is 15.3 Å². The first kappa shape index (κ1) is 24.5. The number of aromatic hydroxyl groups is 1. The Labute approximate surface area is 209 Å². The third kappa shape index (κ3) is 4.91. The third-order valence-electron chi connectivity index (χ3n) is 6.34. The van der Waals surface area contributed by atoms with Gasteiger partial charge in [-0.2, -0.15) is 13.2 Å². The van der Waals surface area contributed by atoms with Crippen LogP contribution in [0.3, 0.4) is 0 Å². The molecule has 1 amide bonds. The summed E-state index contributed by atoms with van der Waals surface area (Å²) in [6.07, 6.45) is -4.28. The number of anilines is 1. The van der Waals surface area contributed by atoms with Crippen molar-refractivity contribution >= 4 is 22.6 Å². The van der Waals surface area contributed by atoms with Gasteiger partial charge < -0.3 is 15.3 Å². The Morgan fingerprint density at radius 1 is 1.08 bits per heavy atom. The molecule has 0 radical (unpaired) electrons. The van der Waals surface area contributed by atoms with E-state index in [2.05, 4.69) is 10.3 Å². The topological polar surface area (TPSA) is 78.4 Å². The van der Waals surface area contributed by atoms with Crippen LogP contribution in [0.2, 0.25) is 0 Å². The van der Waals surface area contributed by atoms with Crippen LogP contribution in [0.4, 0.5) is 23.4 Å². The zero-order valence-corrected chi connectivity index (χ0v) is 19.7. The molecule has 37 heavy (non-hydrogen) atoms. The van der Waals surface area contributed by atoms with Crippen molar-refractivity contribution < 1.29 is 27.5 Å². The van der Waals surface area contributed by atoms with Gasteiger partial charge in [-0.1, -0.05) is 18.2 Å². The molecule has 1 aromatic heterocycles. The molecule has 1 aliphatic rings. The number of para-hydroxylation sites is 1. The first-order valence-corrected chi connectivity index (χ1v) is 11.6. The van der Waals surface area contributed by atoms with Crippen LogP contribution >= 0.6 is 0 Å². The monoisotopic (exact) mass is 510 g/mol. The summed E-state index contributed by atoms with van der Waals surface area (Å²) in [6, 6.07) is 14.4. The minimum atomic E-state index is -4.83. The lowest BCUT2D eigenvalue weighted by Gasteiger charge is -2.21. The fraction of sp³-hybridized carbons (Fsp3) is 0.222. The smallest absolute Gasteiger partial charge is 0.419 e. The van der Waals surface area contributed by atoms with E-state index < -0.39 is 23.5 Å². The minimum absolute atomic E-state index is 0.0517. The van der Waals surface area contributed by atoms with Gasteiger partial charge >= 0.3 is 6.18 Å². The maximum Gasteiger partial charge on any atom is 0.419 e. The molecule has 2 N–H and O–H groups in total. The van der Waals surface area contributed by atoms with Crippen molar-refractivity contribution in [3.8, 4) is 17.1 Å². The second kappa shape index (κ2) is 9.34. The Morgan fingerprint density at radius 2 is 1.86 bits per heavy atom. The third-order valence-corrected chi connectivity index (χ3v) is 6.34. The van der Waals surface area contributed by atoms with Gasteiger partial charge in [0.2, 0.25) is 0 Å². The number of phenolic OH excluding ortho intramolecular Hbond substituents is 1. The maximum absolute atomic E-state index is 13.9. The van der Waals surface area contributed by atoms with Gasteiger partial charge in [0.25, 0.3) is 5.91 Å². The van der Waals surface area contributed by atoms with E-state index in [0.29, 0.717) is 54.4 Å². The number of carbonyl (C=O) groups is 1. The second-order valence-corrected chi connectivity index (χ2v) is 9.01. The lowest BCUT2D eigenvalue weighted by Crippen LogP contribution is -2.37. The molecular formula is C27H22F4N4O2. The number of hydrogen-bond acceptors (Lipinski definition) is 5. The highest BCUT2D eigenvalue weighted by molar-refractivity contribution is 5.95. The quantitative estimate of drug-likeness (QED) is 0.356. The summed E-state index contributed by atoms with van der Waals surface area (Å²) in [6.45, 7) is 2.88. The highest BCUT2D eigenvalue weighted by atomic mass is 19.4. The number of rotatable bonds is 4. The van der Waals surface area contributed by atoms with Gasteiger partial charge in [-0.3, -0.25) is 4.79 Å². The Hall–Kier alpha value is -4.21. The van der Waals surface area contributed by atoms with Crippen molar-refractivity contribution in [3.63, 3.8) is 0 Å². The fourth-order valence-electron chi connectivity index (χ4n) is 4.47. The van der Waals surface area contributed by atoms with Gasteiger partial charge in [0, 0.05) is 30.1 Å². The molecule has 0 bridgehead atoms. The number of carbonyl (C=O) groups excluding carboxylic acids is 1. The summed E-state index contributed by atoms with van der Waals surface area (Å²) in [5, 5.41) is 13.9. The van der Waals surface area contributed by atoms with Crippen molar-refractivity contribution in [2.45, 2.75) is 25.6 Å². The molecular weight excluding hydrogens is 488 g/mol. The Balaban J connectivity index is 1.40. The number of hydrogen-bond donors (Lipinski definition) is 2. The van der Waals surface area contributed by atoms with Crippen LogP contribution in [-0.2, 0) is 6.18 Å². The van der Waals surface area contributed by atoms with E-state index in [-0.39, 0.29) is 17.4 Å². The summed E-state index contributed by atoms with van der Waals surface area (Å²) >= 11 is 0. The first-order valence-electron chi connectivity index (χ1n) is 11.6. The van der Waals surface area contributed by atoms with E-state index in [1.165, 1.54) is 0 Å². The summed E-state index contributed by atoms with van der Waals surface area (Å²) in [5.74, 6) is -1.10. The highest BCUT2D eigenvalue weighted by Crippen LogP contribution is 2.34. The SMILES string of the molecule is Cc1ccc2c(N3CC[C@@H](NC(=O)c4ccc(C(F)(F)F)c(F)c4)C3)nc(-c3ccccc3O)nc2c1. The average molecular weight is 510 g/mol. The molecule has 0 spiro atoms. The zero-order chi connectivity index (χ0) is 26.3. The number of nitrogens with one attached hydrogen (secondary N) is 1. The van der Waals surface area contributed by atoms with E-state index in [4.69, 9.17) is 4.98 Å². The minimum Gasteiger partial charge on any atom is -0.507 e. The Morgan fingerprint density at radius 3 is 2.59 bits per heavy atom. The molecule has 2 heterocycles. The summed E-state index contributed by atoms with van der Waals surface area (Å²) < 4.78 is 52.5. The van der Waals surface area contributed by atoms with Gasteiger partial charge in [0.1, 0.15) is 17.4 Å². The van der Waals surface area contributed by atoms with E-state index in [1.807, 2.05) is 30.0 Å². The van der Waals surface area contributed by atoms with Gasteiger partial charge in [0.15, 0.2) is 5.82 Å². The maximum atomic E-state index is 13.9. The van der Waals surface area contributed by atoms with Crippen molar-refractivity contribution in [1.29, 1.82) is 0 Å². The number of halogens is 4. The molecule has 1 aliphatic heterocycles. The van der Waals surface area contributed by atoms with Crippen LogP contribution in [0.1, 0.15) is 27.9 Å². The molecule has 6 nitrogen and oxygen atoms in total. The standard InChI is InChI=1S/C27H22F4N4O2/c1-15-6-8-18-22(12-15)33-24(19-4-2-3-5-23(19)36)34-25(18)35-11-10-17(14-35)32-26(37)16-7-9-20(21(28)13-16)27(29,30)31/h2-9,12-13,17,36H,10-11,14H2,1H3,(H,32,37)/t17-/m1/s1. The van der Waals surface area contributed by atoms with Gasteiger partial charge in [-0.25, -0.2) is 14.4 Å². The molecule has 3 aromatic carbocycles. The summed E-state index contributed by atoms with van der Waals surface area (Å²) in [4.78, 5) is 24.0. The molecule has 0 aliphatic carbocycles. The number of amides is 1. The first-order chi connectivity index (χ1) is 17.6. The predicted octanol–water partition coefficient (Wildman–Crippen LogP) is 5.48. The molecule has 0 saturated carbocycles. The fourth-order valence-corrected chi connectivity index (χ4v) is 4.47. The molecule has 190 valence electrons. The van der Waals surface area contributed by atoms with Gasteiger partial charge in [0.05, 0.1) is 16.6 Å². The molecule has 10 heteroatoms. The molecule has 4 aromatic rings. The normalized spacial score (nSPS) is 15.8. The van der Waals surface area contributed by atoms with Crippen molar-refractivity contribution in [2.24, 2.45) is 0 Å². The van der Waals surface area contributed by atoms with E-state index in [1.54, 1.807) is 24.3 Å².